The molecule has 1 atom stereocenters. The Balaban J connectivity index is 2.07. The Morgan fingerprint density at radius 1 is 1.44 bits per heavy atom. The van der Waals surface area contributed by atoms with Crippen LogP contribution in [0, 0.1) is 0 Å². The molecule has 0 spiro atoms. The van der Waals surface area contributed by atoms with Crippen LogP contribution in [0.5, 0.6) is 0 Å². The topological polar surface area (TPSA) is 53.4 Å². The van der Waals surface area contributed by atoms with E-state index in [1.54, 1.807) is 13.1 Å². The predicted molar refractivity (Wildman–Crippen MR) is 65.0 cm³/mol. The normalized spacial score (nSPS) is 19.8. The molecule has 16 heavy (non-hydrogen) atoms. The molecule has 1 aliphatic heterocycles. The second-order valence-electron chi connectivity index (χ2n) is 3.96. The fraction of sp³-hybridized carbons (Fsp3) is 0.545. The van der Waals surface area contributed by atoms with Crippen LogP contribution in [0.1, 0.15) is 18.6 Å². The summed E-state index contributed by atoms with van der Waals surface area (Å²) < 4.78 is 11.2. The van der Waals surface area contributed by atoms with E-state index in [0.717, 1.165) is 36.0 Å². The van der Waals surface area contributed by atoms with Crippen molar-refractivity contribution in [1.82, 2.24) is 4.98 Å². The highest BCUT2D eigenvalue weighted by Gasteiger charge is 2.16. The Bertz CT molecular complexity index is 368. The van der Waals surface area contributed by atoms with Crippen molar-refractivity contribution in [3.05, 3.63) is 23.9 Å². The van der Waals surface area contributed by atoms with Gasteiger partial charge in [-0.25, -0.2) is 4.98 Å². The molecular weight excluding hydrogens is 224 g/mol. The summed E-state index contributed by atoms with van der Waals surface area (Å²) in [6.45, 7) is 3.32. The van der Waals surface area contributed by atoms with Crippen LogP contribution in [0.4, 0.5) is 5.82 Å². The first-order valence-corrected chi connectivity index (χ1v) is 6.89. The first-order chi connectivity index (χ1) is 7.66. The molecule has 0 bridgehead atoms. The largest absolute Gasteiger partial charge is 0.389 e. The Morgan fingerprint density at radius 2 is 2.12 bits per heavy atom. The molecule has 1 N–H and O–H groups in total. The molecular formula is C11H16N2O2S. The van der Waals surface area contributed by atoms with E-state index in [1.807, 2.05) is 12.1 Å². The Labute approximate surface area is 97.8 Å². The SMILES string of the molecule is C[C@H](O)c1ccc(N2CCS(=O)CC2)nc1. The predicted octanol–water partition coefficient (Wildman–Crippen LogP) is 0.704. The molecule has 1 fully saturated rings. The monoisotopic (exact) mass is 240 g/mol. The summed E-state index contributed by atoms with van der Waals surface area (Å²) in [6, 6.07) is 3.80. The third-order valence-corrected chi connectivity index (χ3v) is 4.03. The lowest BCUT2D eigenvalue weighted by atomic mass is 10.2. The van der Waals surface area contributed by atoms with Gasteiger partial charge in [0.15, 0.2) is 0 Å². The van der Waals surface area contributed by atoms with Crippen LogP contribution in [0.2, 0.25) is 0 Å². The number of anilines is 1. The van der Waals surface area contributed by atoms with Crippen molar-refractivity contribution in [3.63, 3.8) is 0 Å². The smallest absolute Gasteiger partial charge is 0.128 e. The summed E-state index contributed by atoms with van der Waals surface area (Å²) in [5.74, 6) is 2.35. The highest BCUT2D eigenvalue weighted by atomic mass is 32.2. The van der Waals surface area contributed by atoms with Gasteiger partial charge < -0.3 is 10.0 Å². The second kappa shape index (κ2) is 4.93. The van der Waals surface area contributed by atoms with Gasteiger partial charge in [-0.3, -0.25) is 4.21 Å². The van der Waals surface area contributed by atoms with E-state index < -0.39 is 16.9 Å². The first-order valence-electron chi connectivity index (χ1n) is 5.41. The molecule has 0 radical (unpaired) electrons. The lowest BCUT2D eigenvalue weighted by molar-refractivity contribution is 0.199. The third kappa shape index (κ3) is 2.59. The summed E-state index contributed by atoms with van der Waals surface area (Å²) in [5.41, 5.74) is 0.823. The quantitative estimate of drug-likeness (QED) is 0.827. The molecule has 88 valence electrons. The van der Waals surface area contributed by atoms with Gasteiger partial charge in [-0.1, -0.05) is 6.07 Å². The van der Waals surface area contributed by atoms with Crippen molar-refractivity contribution in [3.8, 4) is 0 Å². The van der Waals surface area contributed by atoms with Crippen LogP contribution < -0.4 is 4.90 Å². The van der Waals surface area contributed by atoms with Gasteiger partial charge in [0.1, 0.15) is 5.82 Å². The first kappa shape index (κ1) is 11.5. The summed E-state index contributed by atoms with van der Waals surface area (Å²) in [5, 5.41) is 9.37. The van der Waals surface area contributed by atoms with Crippen molar-refractivity contribution in [2.45, 2.75) is 13.0 Å². The van der Waals surface area contributed by atoms with Crippen molar-refractivity contribution < 1.29 is 9.32 Å². The maximum atomic E-state index is 11.2. The highest BCUT2D eigenvalue weighted by molar-refractivity contribution is 7.85. The summed E-state index contributed by atoms with van der Waals surface area (Å²) in [6.07, 6.45) is 1.22. The van der Waals surface area contributed by atoms with Gasteiger partial charge in [0.05, 0.1) is 6.10 Å². The zero-order chi connectivity index (χ0) is 11.5. The van der Waals surface area contributed by atoms with Crippen LogP contribution in [-0.2, 0) is 10.8 Å². The number of rotatable bonds is 2. The Hall–Kier alpha value is -0.940. The standard InChI is InChI=1S/C11H16N2O2S/c1-9(14)10-2-3-11(12-8-10)13-4-6-16(15)7-5-13/h2-3,8-9,14H,4-7H2,1H3/t9-/m0/s1. The van der Waals surface area contributed by atoms with E-state index in [-0.39, 0.29) is 0 Å². The van der Waals surface area contributed by atoms with Crippen molar-refractivity contribution >= 4 is 16.6 Å². The number of aliphatic hydroxyl groups is 1. The molecule has 2 heterocycles. The molecule has 1 aromatic heterocycles. The van der Waals surface area contributed by atoms with E-state index >= 15 is 0 Å². The molecule has 1 saturated heterocycles. The molecule has 1 aromatic rings. The molecule has 4 nitrogen and oxygen atoms in total. The molecule has 0 aliphatic carbocycles. The van der Waals surface area contributed by atoms with Gasteiger partial charge in [0, 0.05) is 41.6 Å². The van der Waals surface area contributed by atoms with E-state index in [2.05, 4.69) is 9.88 Å². The molecule has 1 aliphatic rings. The average Bonchev–Trinajstić information content (AvgIpc) is 2.30. The lowest BCUT2D eigenvalue weighted by Crippen LogP contribution is -2.38. The van der Waals surface area contributed by atoms with Crippen LogP contribution in [0.3, 0.4) is 0 Å². The van der Waals surface area contributed by atoms with Gasteiger partial charge in [0.2, 0.25) is 0 Å². The number of aliphatic hydroxyl groups excluding tert-OH is 1. The second-order valence-corrected chi connectivity index (χ2v) is 5.66. The van der Waals surface area contributed by atoms with E-state index in [9.17, 15) is 9.32 Å². The van der Waals surface area contributed by atoms with Crippen molar-refractivity contribution in [1.29, 1.82) is 0 Å². The maximum Gasteiger partial charge on any atom is 0.128 e. The molecule has 2 rings (SSSR count). The molecule has 5 heteroatoms. The maximum absolute atomic E-state index is 11.2. The van der Waals surface area contributed by atoms with Crippen LogP contribution in [0.25, 0.3) is 0 Å². The number of nitrogens with zero attached hydrogens (tertiary/aromatic N) is 2. The molecule has 0 unspecified atom stereocenters. The number of pyridine rings is 1. The number of hydrogen-bond acceptors (Lipinski definition) is 4. The van der Waals surface area contributed by atoms with Crippen LogP contribution >= 0.6 is 0 Å². The zero-order valence-electron chi connectivity index (χ0n) is 9.30. The molecule has 0 aromatic carbocycles. The average molecular weight is 240 g/mol. The van der Waals surface area contributed by atoms with Gasteiger partial charge in [-0.05, 0) is 18.6 Å². The van der Waals surface area contributed by atoms with E-state index in [0.29, 0.717) is 0 Å². The van der Waals surface area contributed by atoms with Gasteiger partial charge in [-0.2, -0.15) is 0 Å². The van der Waals surface area contributed by atoms with Crippen LogP contribution in [-0.4, -0.2) is 38.9 Å². The zero-order valence-corrected chi connectivity index (χ0v) is 10.1. The molecule has 0 amide bonds. The number of aromatic nitrogens is 1. The molecule has 0 saturated carbocycles. The fourth-order valence-corrected chi connectivity index (χ4v) is 2.75. The van der Waals surface area contributed by atoms with Gasteiger partial charge in [0.25, 0.3) is 0 Å². The minimum Gasteiger partial charge on any atom is -0.389 e. The van der Waals surface area contributed by atoms with Crippen molar-refractivity contribution in [2.75, 3.05) is 29.5 Å². The highest BCUT2D eigenvalue weighted by Crippen LogP contribution is 2.17. The fourth-order valence-electron chi connectivity index (χ4n) is 1.70. The van der Waals surface area contributed by atoms with E-state index in [4.69, 9.17) is 0 Å². The summed E-state index contributed by atoms with van der Waals surface area (Å²) in [4.78, 5) is 6.45. The minimum atomic E-state index is -0.656. The van der Waals surface area contributed by atoms with Crippen LogP contribution in [0.15, 0.2) is 18.3 Å². The Kier molecular flexibility index (Phi) is 3.56. The third-order valence-electron chi connectivity index (χ3n) is 2.75. The summed E-state index contributed by atoms with van der Waals surface area (Å²) >= 11 is 0. The van der Waals surface area contributed by atoms with Gasteiger partial charge >= 0.3 is 0 Å². The minimum absolute atomic E-state index is 0.476. The number of hydrogen-bond donors (Lipinski definition) is 1. The van der Waals surface area contributed by atoms with Gasteiger partial charge in [-0.15, -0.1) is 0 Å². The van der Waals surface area contributed by atoms with E-state index in [1.165, 1.54) is 0 Å². The lowest BCUT2D eigenvalue weighted by Gasteiger charge is -2.27. The summed E-state index contributed by atoms with van der Waals surface area (Å²) in [7, 11) is -0.656. The van der Waals surface area contributed by atoms with Crippen molar-refractivity contribution in [2.24, 2.45) is 0 Å². The Morgan fingerprint density at radius 3 is 2.62 bits per heavy atom.